The van der Waals surface area contributed by atoms with Gasteiger partial charge < -0.3 is 15.4 Å². The topological polar surface area (TPSA) is 55.6 Å². The monoisotopic (exact) mass is 330 g/mol. The molecule has 0 radical (unpaired) electrons. The normalized spacial score (nSPS) is 19.2. The van der Waals surface area contributed by atoms with Gasteiger partial charge in [0, 0.05) is 30.7 Å². The van der Waals surface area contributed by atoms with E-state index in [4.69, 9.17) is 10.5 Å². The first-order chi connectivity index (χ1) is 10.9. The average Bonchev–Trinajstić information content (AvgIpc) is 2.52. The summed E-state index contributed by atoms with van der Waals surface area (Å²) in [6.45, 7) is 4.01. The number of carbonyl (C=O) groups excluding carboxylic acids is 1. The number of hydrogen-bond acceptors (Lipinski definition) is 4. The summed E-state index contributed by atoms with van der Waals surface area (Å²) in [4.78, 5) is 12.4. The number of rotatable bonds is 6. The van der Waals surface area contributed by atoms with E-state index in [9.17, 15) is 18.0 Å². The van der Waals surface area contributed by atoms with Gasteiger partial charge in [0.15, 0.2) is 0 Å². The molecule has 23 heavy (non-hydrogen) atoms. The first-order valence-electron chi connectivity index (χ1n) is 7.63. The van der Waals surface area contributed by atoms with Crippen LogP contribution in [-0.4, -0.2) is 26.2 Å². The van der Waals surface area contributed by atoms with Crippen LogP contribution in [0.15, 0.2) is 18.2 Å². The van der Waals surface area contributed by atoms with Gasteiger partial charge in [-0.15, -0.1) is 0 Å². The van der Waals surface area contributed by atoms with E-state index in [0.29, 0.717) is 38.2 Å². The Kier molecular flexibility index (Phi) is 5.51. The highest BCUT2D eigenvalue weighted by Crippen LogP contribution is 2.38. The molecule has 4 nitrogen and oxygen atoms in total. The van der Waals surface area contributed by atoms with Gasteiger partial charge in [-0.2, -0.15) is 13.2 Å². The number of benzene rings is 1. The maximum atomic E-state index is 12.9. The zero-order chi connectivity index (χ0) is 17.0. The van der Waals surface area contributed by atoms with Gasteiger partial charge in [0.1, 0.15) is 0 Å². The summed E-state index contributed by atoms with van der Waals surface area (Å²) in [5.74, 6) is 0.129. The fraction of sp³-hybridized carbons (Fsp3) is 0.562. The molecule has 0 fully saturated rings. The number of halogens is 3. The molecular weight excluding hydrogens is 309 g/mol. The molecule has 0 spiro atoms. The number of carbonyl (C=O) groups is 1. The van der Waals surface area contributed by atoms with E-state index >= 15 is 0 Å². The minimum Gasteiger partial charge on any atom is -0.468 e. The van der Waals surface area contributed by atoms with E-state index in [1.54, 1.807) is 0 Å². The minimum atomic E-state index is -4.37. The van der Waals surface area contributed by atoms with E-state index in [1.807, 2.05) is 11.8 Å². The lowest BCUT2D eigenvalue weighted by Crippen LogP contribution is -2.38. The molecule has 2 N–H and O–H groups in total. The van der Waals surface area contributed by atoms with E-state index in [-0.39, 0.29) is 5.92 Å². The number of anilines is 1. The van der Waals surface area contributed by atoms with Crippen molar-refractivity contribution in [3.63, 3.8) is 0 Å². The van der Waals surface area contributed by atoms with Crippen molar-refractivity contribution in [2.45, 2.75) is 32.0 Å². The molecule has 2 rings (SSSR count). The van der Waals surface area contributed by atoms with Crippen molar-refractivity contribution < 1.29 is 22.7 Å². The summed E-state index contributed by atoms with van der Waals surface area (Å²) in [6, 6.07) is 3.33. The number of ether oxygens (including phenoxy) is 1. The second-order valence-electron chi connectivity index (χ2n) is 5.82. The second-order valence-corrected chi connectivity index (χ2v) is 5.82. The third-order valence-corrected chi connectivity index (χ3v) is 4.26. The summed E-state index contributed by atoms with van der Waals surface area (Å²) < 4.78 is 43.5. The third-order valence-electron chi connectivity index (χ3n) is 4.26. The van der Waals surface area contributed by atoms with Crippen molar-refractivity contribution in [3.05, 3.63) is 29.3 Å². The predicted octanol–water partition coefficient (Wildman–Crippen LogP) is 3.11. The fourth-order valence-corrected chi connectivity index (χ4v) is 2.86. The zero-order valence-corrected chi connectivity index (χ0v) is 13.0. The largest absolute Gasteiger partial charge is 0.468 e. The molecule has 0 saturated carbocycles. The fourth-order valence-electron chi connectivity index (χ4n) is 2.86. The SMILES string of the molecule is CCC(COC=O)CN1CCC(N)c2cc(C(F)(F)F)ccc21. The van der Waals surface area contributed by atoms with Crippen molar-refractivity contribution >= 4 is 12.2 Å². The summed E-state index contributed by atoms with van der Waals surface area (Å²) in [6.07, 6.45) is -2.97. The number of nitrogens with two attached hydrogens (primary N) is 1. The molecule has 1 heterocycles. The summed E-state index contributed by atoms with van der Waals surface area (Å²) in [5.41, 5.74) is 6.59. The van der Waals surface area contributed by atoms with Crippen LogP contribution in [0.3, 0.4) is 0 Å². The van der Waals surface area contributed by atoms with Crippen LogP contribution in [0.25, 0.3) is 0 Å². The summed E-state index contributed by atoms with van der Waals surface area (Å²) in [5, 5.41) is 0. The smallest absolute Gasteiger partial charge is 0.416 e. The van der Waals surface area contributed by atoms with Gasteiger partial charge in [0.2, 0.25) is 0 Å². The van der Waals surface area contributed by atoms with Gasteiger partial charge in [-0.1, -0.05) is 6.92 Å². The van der Waals surface area contributed by atoms with Gasteiger partial charge in [-0.05, 0) is 36.6 Å². The third kappa shape index (κ3) is 4.16. The van der Waals surface area contributed by atoms with Crippen LogP contribution in [0.2, 0.25) is 0 Å². The molecule has 1 aliphatic heterocycles. The maximum absolute atomic E-state index is 12.9. The van der Waals surface area contributed by atoms with Crippen LogP contribution in [0.1, 0.15) is 36.9 Å². The molecule has 0 aliphatic carbocycles. The second kappa shape index (κ2) is 7.21. The summed E-state index contributed by atoms with van der Waals surface area (Å²) >= 11 is 0. The molecule has 7 heteroatoms. The average molecular weight is 330 g/mol. The predicted molar refractivity (Wildman–Crippen MR) is 81.0 cm³/mol. The van der Waals surface area contributed by atoms with E-state index < -0.39 is 17.8 Å². The Labute approximate surface area is 133 Å². The van der Waals surface area contributed by atoms with Crippen LogP contribution in [0, 0.1) is 5.92 Å². The van der Waals surface area contributed by atoms with Crippen LogP contribution >= 0.6 is 0 Å². The number of alkyl halides is 3. The van der Waals surface area contributed by atoms with E-state index in [0.717, 1.165) is 24.2 Å². The highest BCUT2D eigenvalue weighted by atomic mass is 19.4. The Hall–Kier alpha value is -1.76. The first kappa shape index (κ1) is 17.6. The maximum Gasteiger partial charge on any atom is 0.416 e. The van der Waals surface area contributed by atoms with Crippen LogP contribution in [-0.2, 0) is 15.7 Å². The number of fused-ring (bicyclic) bond motifs is 1. The first-order valence-corrected chi connectivity index (χ1v) is 7.63. The molecule has 2 unspecified atom stereocenters. The lowest BCUT2D eigenvalue weighted by atomic mass is 9.93. The Balaban J connectivity index is 2.23. The Bertz CT molecular complexity index is 549. The lowest BCUT2D eigenvalue weighted by molar-refractivity contribution is -0.137. The molecule has 1 aromatic carbocycles. The van der Waals surface area contributed by atoms with E-state index in [1.165, 1.54) is 6.07 Å². The molecule has 0 amide bonds. The Morgan fingerprint density at radius 2 is 2.22 bits per heavy atom. The molecular formula is C16H21F3N2O2. The van der Waals surface area contributed by atoms with Crippen molar-refractivity contribution in [1.29, 1.82) is 0 Å². The van der Waals surface area contributed by atoms with Crippen molar-refractivity contribution in [2.24, 2.45) is 11.7 Å². The van der Waals surface area contributed by atoms with E-state index in [2.05, 4.69) is 0 Å². The molecule has 1 aliphatic rings. The highest BCUT2D eigenvalue weighted by Gasteiger charge is 2.33. The highest BCUT2D eigenvalue weighted by molar-refractivity contribution is 5.58. The van der Waals surface area contributed by atoms with Crippen LogP contribution in [0.5, 0.6) is 0 Å². The molecule has 1 aromatic rings. The zero-order valence-electron chi connectivity index (χ0n) is 13.0. The van der Waals surface area contributed by atoms with Gasteiger partial charge in [-0.3, -0.25) is 4.79 Å². The standard InChI is InChI=1S/C16H21F3N2O2/c1-2-11(9-23-10-22)8-21-6-5-14(20)13-7-12(16(17,18)19)3-4-15(13)21/h3-4,7,10-11,14H,2,5-6,8-9,20H2,1H3. The number of nitrogens with zero attached hydrogens (tertiary/aromatic N) is 1. The van der Waals surface area contributed by atoms with Gasteiger partial charge in [0.05, 0.1) is 12.2 Å². The lowest BCUT2D eigenvalue weighted by Gasteiger charge is -2.36. The van der Waals surface area contributed by atoms with Crippen LogP contribution < -0.4 is 10.6 Å². The molecule has 0 saturated heterocycles. The van der Waals surface area contributed by atoms with Crippen LogP contribution in [0.4, 0.5) is 18.9 Å². The quantitative estimate of drug-likeness (QED) is 0.814. The van der Waals surface area contributed by atoms with Gasteiger partial charge >= 0.3 is 6.18 Å². The minimum absolute atomic E-state index is 0.129. The van der Waals surface area contributed by atoms with Gasteiger partial charge in [0.25, 0.3) is 6.47 Å². The Morgan fingerprint density at radius 1 is 1.48 bits per heavy atom. The van der Waals surface area contributed by atoms with Gasteiger partial charge in [-0.25, -0.2) is 0 Å². The Morgan fingerprint density at radius 3 is 2.83 bits per heavy atom. The molecule has 0 aromatic heterocycles. The molecule has 0 bridgehead atoms. The van der Waals surface area contributed by atoms with Crippen molar-refractivity contribution in [3.8, 4) is 0 Å². The summed E-state index contributed by atoms with van der Waals surface area (Å²) in [7, 11) is 0. The molecule has 2 atom stereocenters. The number of hydrogen-bond donors (Lipinski definition) is 1. The van der Waals surface area contributed by atoms with Crippen molar-refractivity contribution in [1.82, 2.24) is 0 Å². The molecule has 128 valence electrons. The van der Waals surface area contributed by atoms with Crippen molar-refractivity contribution in [2.75, 3.05) is 24.6 Å².